The zero-order valence-corrected chi connectivity index (χ0v) is 14.7. The van der Waals surface area contributed by atoms with E-state index in [4.69, 9.17) is 0 Å². The van der Waals surface area contributed by atoms with Crippen LogP contribution in [-0.2, 0) is 9.59 Å². The van der Waals surface area contributed by atoms with Crippen molar-refractivity contribution in [3.63, 3.8) is 0 Å². The molecule has 0 aliphatic rings. The smallest absolute Gasteiger partial charge is 0.282 e. The van der Waals surface area contributed by atoms with Crippen LogP contribution >= 0.6 is 0 Å². The lowest BCUT2D eigenvalue weighted by atomic mass is 10.1. The first kappa shape index (κ1) is 17.9. The molecule has 5 heteroatoms. The van der Waals surface area contributed by atoms with Crippen LogP contribution in [-0.4, -0.2) is 37.5 Å². The van der Waals surface area contributed by atoms with Crippen LogP contribution < -0.4 is 15.5 Å². The molecule has 3 N–H and O–H groups in total. The molecule has 2 aromatic rings. The summed E-state index contributed by atoms with van der Waals surface area (Å²) in [6.45, 7) is 5.94. The Hall–Kier alpha value is -2.40. The van der Waals surface area contributed by atoms with Gasteiger partial charge in [-0.15, -0.1) is 0 Å². The quantitative estimate of drug-likeness (QED) is 0.746. The van der Waals surface area contributed by atoms with E-state index in [1.165, 1.54) is 0 Å². The number of hydrogen-bond donors (Lipinski definition) is 3. The topological polar surface area (TPSA) is 62.6 Å². The molecule has 2 amide bonds. The summed E-state index contributed by atoms with van der Waals surface area (Å²) in [6.07, 6.45) is 0. The van der Waals surface area contributed by atoms with Crippen molar-refractivity contribution in [3.8, 4) is 0 Å². The van der Waals surface area contributed by atoms with E-state index < -0.39 is 0 Å². The van der Waals surface area contributed by atoms with E-state index in [0.29, 0.717) is 0 Å². The van der Waals surface area contributed by atoms with Crippen LogP contribution in [0, 0.1) is 0 Å². The standard InChI is InChI=1S/C19H25N3O2/c1-13(2)20-18(23)12-22(4)14(3)19(24)21-17-11-7-9-15-8-5-6-10-16(15)17/h5-11,13-14H,12H2,1-4H3,(H,20,23)(H,21,24)/p+1/t14-/m0/s1. The summed E-state index contributed by atoms with van der Waals surface area (Å²) in [5, 5.41) is 7.93. The minimum atomic E-state index is -0.332. The molecule has 0 fully saturated rings. The summed E-state index contributed by atoms with van der Waals surface area (Å²) in [7, 11) is 1.85. The van der Waals surface area contributed by atoms with E-state index in [-0.39, 0.29) is 30.4 Å². The monoisotopic (exact) mass is 328 g/mol. The highest BCUT2D eigenvalue weighted by Gasteiger charge is 2.24. The average Bonchev–Trinajstić information content (AvgIpc) is 2.53. The van der Waals surface area contributed by atoms with Crippen molar-refractivity contribution in [2.24, 2.45) is 0 Å². The number of carbonyl (C=O) groups excluding carboxylic acids is 2. The minimum Gasteiger partial charge on any atom is -0.349 e. The maximum Gasteiger partial charge on any atom is 0.282 e. The normalized spacial score (nSPS) is 13.5. The summed E-state index contributed by atoms with van der Waals surface area (Å²) < 4.78 is 0. The van der Waals surface area contributed by atoms with E-state index in [1.54, 1.807) is 0 Å². The predicted molar refractivity (Wildman–Crippen MR) is 97.1 cm³/mol. The molecule has 0 heterocycles. The fourth-order valence-electron chi connectivity index (χ4n) is 2.58. The van der Waals surface area contributed by atoms with Crippen LogP contribution in [0.2, 0.25) is 0 Å². The number of carbonyl (C=O) groups is 2. The summed E-state index contributed by atoms with van der Waals surface area (Å²) in [5.74, 6) is -0.145. The predicted octanol–water partition coefficient (Wildman–Crippen LogP) is 1.21. The second-order valence-electron chi connectivity index (χ2n) is 6.48. The van der Waals surface area contributed by atoms with Gasteiger partial charge in [0, 0.05) is 17.1 Å². The lowest BCUT2D eigenvalue weighted by molar-refractivity contribution is -0.885. The van der Waals surface area contributed by atoms with Crippen molar-refractivity contribution in [3.05, 3.63) is 42.5 Å². The third kappa shape index (κ3) is 4.55. The lowest BCUT2D eigenvalue weighted by Crippen LogP contribution is -3.15. The molecule has 0 radical (unpaired) electrons. The number of fused-ring (bicyclic) bond motifs is 1. The van der Waals surface area contributed by atoms with Gasteiger partial charge in [-0.25, -0.2) is 0 Å². The largest absolute Gasteiger partial charge is 0.349 e. The molecule has 1 unspecified atom stereocenters. The Morgan fingerprint density at radius 2 is 1.71 bits per heavy atom. The van der Waals surface area contributed by atoms with Crippen LogP contribution in [0.1, 0.15) is 20.8 Å². The number of anilines is 1. The second-order valence-corrected chi connectivity index (χ2v) is 6.48. The minimum absolute atomic E-state index is 0.0488. The molecule has 128 valence electrons. The highest BCUT2D eigenvalue weighted by atomic mass is 16.2. The Labute approximate surface area is 143 Å². The van der Waals surface area contributed by atoms with Gasteiger partial charge >= 0.3 is 0 Å². The van der Waals surface area contributed by atoms with Crippen molar-refractivity contribution in [1.29, 1.82) is 0 Å². The van der Waals surface area contributed by atoms with E-state index in [0.717, 1.165) is 21.4 Å². The van der Waals surface area contributed by atoms with E-state index in [2.05, 4.69) is 10.6 Å². The maximum atomic E-state index is 12.5. The van der Waals surface area contributed by atoms with Crippen LogP contribution in [0.25, 0.3) is 10.8 Å². The van der Waals surface area contributed by atoms with Gasteiger partial charge in [0.25, 0.3) is 11.8 Å². The Morgan fingerprint density at radius 3 is 2.42 bits per heavy atom. The first-order valence-electron chi connectivity index (χ1n) is 8.28. The summed E-state index contributed by atoms with van der Waals surface area (Å²) in [6, 6.07) is 13.5. The molecule has 2 aromatic carbocycles. The van der Waals surface area contributed by atoms with Gasteiger partial charge in [0.1, 0.15) is 0 Å². The molecule has 0 aliphatic carbocycles. The number of hydrogen-bond acceptors (Lipinski definition) is 2. The average molecular weight is 328 g/mol. The van der Waals surface area contributed by atoms with Crippen molar-refractivity contribution >= 4 is 28.3 Å². The van der Waals surface area contributed by atoms with Crippen molar-refractivity contribution in [2.75, 3.05) is 18.9 Å². The van der Waals surface area contributed by atoms with E-state index in [1.807, 2.05) is 70.3 Å². The Balaban J connectivity index is 2.04. The third-order valence-electron chi connectivity index (χ3n) is 4.07. The number of benzene rings is 2. The van der Waals surface area contributed by atoms with Crippen molar-refractivity contribution in [1.82, 2.24) is 5.32 Å². The molecule has 5 nitrogen and oxygen atoms in total. The number of amides is 2. The molecular formula is C19H26N3O2+. The zero-order chi connectivity index (χ0) is 17.7. The third-order valence-corrected chi connectivity index (χ3v) is 4.07. The van der Waals surface area contributed by atoms with Crippen molar-refractivity contribution < 1.29 is 14.5 Å². The van der Waals surface area contributed by atoms with Gasteiger partial charge in [0.15, 0.2) is 12.6 Å². The molecule has 0 spiro atoms. The van der Waals surface area contributed by atoms with Crippen molar-refractivity contribution in [2.45, 2.75) is 32.9 Å². The number of likely N-dealkylation sites (N-methyl/N-ethyl adjacent to an activating group) is 1. The van der Waals surface area contributed by atoms with Gasteiger partial charge in [-0.3, -0.25) is 9.59 Å². The number of quaternary nitrogens is 1. The molecule has 0 saturated heterocycles. The summed E-state index contributed by atoms with van der Waals surface area (Å²) in [4.78, 5) is 25.3. The van der Waals surface area contributed by atoms with Crippen LogP contribution in [0.3, 0.4) is 0 Å². The van der Waals surface area contributed by atoms with Gasteiger partial charge in [0.05, 0.1) is 7.05 Å². The van der Waals surface area contributed by atoms with E-state index in [9.17, 15) is 9.59 Å². The lowest BCUT2D eigenvalue weighted by Gasteiger charge is -2.21. The summed E-state index contributed by atoms with van der Waals surface area (Å²) in [5.41, 5.74) is 0.796. The van der Waals surface area contributed by atoms with Crippen LogP contribution in [0.15, 0.2) is 42.5 Å². The highest BCUT2D eigenvalue weighted by molar-refractivity contribution is 6.03. The van der Waals surface area contributed by atoms with Gasteiger partial charge in [-0.1, -0.05) is 36.4 Å². The maximum absolute atomic E-state index is 12.5. The number of rotatable bonds is 6. The molecule has 0 bridgehead atoms. The molecule has 2 atom stereocenters. The molecule has 24 heavy (non-hydrogen) atoms. The Kier molecular flexibility index (Phi) is 5.93. The van der Waals surface area contributed by atoms with Gasteiger partial charge in [-0.2, -0.15) is 0 Å². The summed E-state index contributed by atoms with van der Waals surface area (Å²) >= 11 is 0. The van der Waals surface area contributed by atoms with Gasteiger partial charge < -0.3 is 15.5 Å². The van der Waals surface area contributed by atoms with Crippen LogP contribution in [0.4, 0.5) is 5.69 Å². The molecule has 2 rings (SSSR count). The molecule has 0 aliphatic heterocycles. The Bertz CT molecular complexity index is 722. The Morgan fingerprint density at radius 1 is 1.04 bits per heavy atom. The van der Waals surface area contributed by atoms with Gasteiger partial charge in [0.2, 0.25) is 0 Å². The SMILES string of the molecule is CC(C)NC(=O)C[NH+](C)[C@@H](C)C(=O)Nc1cccc2ccccc12. The molecular weight excluding hydrogens is 302 g/mol. The molecule has 0 saturated carbocycles. The first-order valence-corrected chi connectivity index (χ1v) is 8.28. The first-order chi connectivity index (χ1) is 11.4. The van der Waals surface area contributed by atoms with E-state index >= 15 is 0 Å². The zero-order valence-electron chi connectivity index (χ0n) is 14.7. The van der Waals surface area contributed by atoms with Gasteiger partial charge in [-0.05, 0) is 32.2 Å². The highest BCUT2D eigenvalue weighted by Crippen LogP contribution is 2.22. The second kappa shape index (κ2) is 7.93. The molecule has 0 aromatic heterocycles. The fourth-order valence-corrected chi connectivity index (χ4v) is 2.58. The van der Waals surface area contributed by atoms with Crippen LogP contribution in [0.5, 0.6) is 0 Å². The fraction of sp³-hybridized carbons (Fsp3) is 0.368. The number of nitrogens with one attached hydrogen (secondary N) is 3.